The van der Waals surface area contributed by atoms with Crippen LogP contribution in [0, 0.1) is 0 Å². The van der Waals surface area contributed by atoms with Crippen molar-refractivity contribution in [2.75, 3.05) is 231 Å². The zero-order chi connectivity index (χ0) is 74.5. The van der Waals surface area contributed by atoms with Gasteiger partial charge in [0.1, 0.15) is 6.61 Å². The first-order valence-electron chi connectivity index (χ1n) is 34.7. The number of allylic oxidation sites excluding steroid dienone is 6. The van der Waals surface area contributed by atoms with E-state index in [0.29, 0.717) is 180 Å². The lowest BCUT2D eigenvalue weighted by Crippen LogP contribution is -2.33. The zero-order valence-electron chi connectivity index (χ0n) is 60.3. The van der Waals surface area contributed by atoms with Gasteiger partial charge in [0.25, 0.3) is 20.2 Å². The number of rotatable bonds is 57. The molecule has 2 aliphatic rings. The Morgan fingerprint density at radius 2 is 0.856 bits per heavy atom. The highest BCUT2D eigenvalue weighted by Gasteiger charge is 2.49. The molecule has 104 heavy (non-hydrogen) atoms. The molecule has 0 aliphatic carbocycles. The first-order chi connectivity index (χ1) is 50.4. The van der Waals surface area contributed by atoms with Crippen LogP contribution in [-0.2, 0) is 112 Å². The third kappa shape index (κ3) is 26.2. The maximum Gasteiger partial charge on any atom is 0.335 e. The topological polar surface area (TPSA) is 334 Å². The molecule has 7 rings (SSSR count). The van der Waals surface area contributed by atoms with Gasteiger partial charge in [-0.15, -0.1) is 4.73 Å². The molecule has 578 valence electrons. The molecule has 2 atom stereocenters. The molecule has 0 radical (unpaired) electrons. The Bertz CT molecular complexity index is 3770. The Kier molecular flexibility index (Phi) is 37.0. The van der Waals surface area contributed by atoms with E-state index in [0.717, 1.165) is 44.7 Å². The third-order valence-electron chi connectivity index (χ3n) is 17.2. The molecule has 0 amide bonds. The Morgan fingerprint density at radius 3 is 1.32 bits per heavy atom. The van der Waals surface area contributed by atoms with Crippen LogP contribution >= 0.6 is 0 Å². The number of benzene rings is 4. The van der Waals surface area contributed by atoms with Crippen LogP contribution in [0.15, 0.2) is 119 Å². The second kappa shape index (κ2) is 45.3. The molecule has 0 saturated heterocycles. The summed E-state index contributed by atoms with van der Waals surface area (Å²) in [6.07, 6.45) is 10.9. The number of aromatic hydroxyl groups is 2. The summed E-state index contributed by atoms with van der Waals surface area (Å²) in [6.45, 7) is 15.2. The lowest BCUT2D eigenvalue weighted by molar-refractivity contribution is -0.442. The lowest BCUT2D eigenvalue weighted by atomic mass is 9.75. The summed E-state index contributed by atoms with van der Waals surface area (Å²) < 4.78 is 164. The number of fused-ring (bicyclic) bond motifs is 6. The monoisotopic (exact) mass is 1500 g/mol. The first-order valence-corrected chi connectivity index (χ1v) is 37.6. The molecular formula is C73H104N3O26S2+. The number of methoxy groups -OCH3 is 3. The molecule has 0 spiro atoms. The number of nitrogens with zero attached hydrogens (tertiary/aromatic N) is 3. The van der Waals surface area contributed by atoms with Crippen LogP contribution in [-0.4, -0.2) is 283 Å². The van der Waals surface area contributed by atoms with Gasteiger partial charge in [0, 0.05) is 87.7 Å². The summed E-state index contributed by atoms with van der Waals surface area (Å²) in [6, 6.07) is 19.2. The molecule has 0 saturated carbocycles. The minimum Gasteiger partial charge on any atom is -0.492 e. The lowest BCUT2D eigenvalue weighted by Gasteiger charge is -2.31. The van der Waals surface area contributed by atoms with E-state index in [9.17, 15) is 40.9 Å². The number of ether oxygens (including phenoxy) is 16. The van der Waals surface area contributed by atoms with Crippen LogP contribution in [0.4, 0.5) is 11.4 Å². The molecule has 1 aromatic heterocycles. The van der Waals surface area contributed by atoms with Gasteiger partial charge in [-0.25, -0.2) is 4.79 Å². The predicted octanol–water partition coefficient (Wildman–Crippen LogP) is 6.81. The van der Waals surface area contributed by atoms with E-state index in [2.05, 4.69) is 35.5 Å². The summed E-state index contributed by atoms with van der Waals surface area (Å²) in [5.74, 6) is -1.55. The Labute approximate surface area is 609 Å². The van der Waals surface area contributed by atoms with Crippen LogP contribution < -0.4 is 9.74 Å². The van der Waals surface area contributed by atoms with Gasteiger partial charge >= 0.3 is 5.97 Å². The third-order valence-corrected chi connectivity index (χ3v) is 18.9. The molecule has 2 unspecified atom stereocenters. The highest BCUT2D eigenvalue weighted by molar-refractivity contribution is 7.86. The second-order valence-electron chi connectivity index (χ2n) is 24.3. The predicted molar refractivity (Wildman–Crippen MR) is 385 cm³/mol. The van der Waals surface area contributed by atoms with Crippen molar-refractivity contribution in [3.05, 3.63) is 120 Å². The Balaban J connectivity index is 1.13. The van der Waals surface area contributed by atoms with E-state index in [4.69, 9.17) is 80.6 Å². The van der Waals surface area contributed by atoms with Gasteiger partial charge in [-0.2, -0.15) is 21.4 Å². The van der Waals surface area contributed by atoms with Gasteiger partial charge in [0.05, 0.1) is 193 Å². The van der Waals surface area contributed by atoms with Crippen molar-refractivity contribution in [3.63, 3.8) is 0 Å². The van der Waals surface area contributed by atoms with Crippen molar-refractivity contribution >= 4 is 64.8 Å². The van der Waals surface area contributed by atoms with Gasteiger partial charge in [0.2, 0.25) is 17.4 Å². The minimum absolute atomic E-state index is 0.0373. The molecular weight excluding hydrogens is 1400 g/mol. The highest BCUT2D eigenvalue weighted by atomic mass is 32.2. The van der Waals surface area contributed by atoms with Crippen LogP contribution in [0.1, 0.15) is 44.2 Å². The number of aromatic nitrogens is 1. The van der Waals surface area contributed by atoms with Crippen molar-refractivity contribution in [3.8, 4) is 11.8 Å². The zero-order valence-corrected chi connectivity index (χ0v) is 61.9. The van der Waals surface area contributed by atoms with E-state index < -0.39 is 48.8 Å². The number of hydrogen-bond donors (Lipinski definition) is 4. The first kappa shape index (κ1) is 84.9. The molecule has 0 bridgehead atoms. The molecule has 31 heteroatoms. The van der Waals surface area contributed by atoms with Crippen LogP contribution in [0.25, 0.3) is 21.5 Å². The average molecular weight is 1500 g/mol. The minimum atomic E-state index is -4.54. The van der Waals surface area contributed by atoms with Crippen molar-refractivity contribution in [2.24, 2.45) is 0 Å². The fourth-order valence-electron chi connectivity index (χ4n) is 12.0. The van der Waals surface area contributed by atoms with E-state index in [1.165, 1.54) is 36.4 Å². The van der Waals surface area contributed by atoms with Crippen molar-refractivity contribution in [1.82, 2.24) is 4.73 Å². The summed E-state index contributed by atoms with van der Waals surface area (Å²) >= 11 is 0. The maximum atomic E-state index is 12.5. The largest absolute Gasteiger partial charge is 0.492 e. The van der Waals surface area contributed by atoms with Crippen LogP contribution in [0.3, 0.4) is 0 Å². The summed E-state index contributed by atoms with van der Waals surface area (Å²) in [7, 11) is -4.22. The number of hydrogen-bond acceptors (Lipinski definition) is 25. The second-order valence-corrected chi connectivity index (χ2v) is 27.1. The standard InChI is InChI=1S/C73H103N3O26S2/c1-72(22-27-90-38-43-98-50-47-94-34-31-86-3)65(74(24-29-92-40-45-100-52-49-96-36-33-88-5)63-17-11-57-55-59(103(80,81)82)13-15-61(57)70(63)72)9-7-6-8-10-66-73(2,23-28-91-39-44-99-51-48-95-35-32-87-4)71-62-16-14-60(104(83,84)85)56-58(62)12-18-64(71)75(66)25-30-93-41-46-101-54-53-97-42-37-89-26-21-69(79)102-76-67(77)19-20-68(76)78/h6-20,55-56H,21-54H2,1-5H3,(H3-,77,78,80,81,82,83,84,85)/p+1. The van der Waals surface area contributed by atoms with Gasteiger partial charge in [-0.1, -0.05) is 36.4 Å². The highest BCUT2D eigenvalue weighted by Crippen LogP contribution is 2.53. The quantitative estimate of drug-likeness (QED) is 0.0134. The fraction of sp³-hybridized carbons (Fsp3) is 0.562. The van der Waals surface area contributed by atoms with Crippen LogP contribution in [0.2, 0.25) is 0 Å². The summed E-state index contributed by atoms with van der Waals surface area (Å²) in [4.78, 5) is 18.8. The smallest absolute Gasteiger partial charge is 0.335 e. The molecule has 29 nitrogen and oxygen atoms in total. The van der Waals surface area contributed by atoms with E-state index in [-0.39, 0.29) is 69.1 Å². The molecule has 0 fully saturated rings. The molecule has 4 N–H and O–H groups in total. The van der Waals surface area contributed by atoms with Crippen molar-refractivity contribution < 1.29 is 126 Å². The van der Waals surface area contributed by atoms with Crippen LogP contribution in [0.5, 0.6) is 11.8 Å². The number of carbonyl (C=O) groups is 1. The Hall–Kier alpha value is -6.38. The van der Waals surface area contributed by atoms with E-state index in [1.807, 2.05) is 42.5 Å². The fourth-order valence-corrected chi connectivity index (χ4v) is 13.0. The molecule has 3 heterocycles. The van der Waals surface area contributed by atoms with Crippen molar-refractivity contribution in [1.29, 1.82) is 0 Å². The summed E-state index contributed by atoms with van der Waals surface area (Å²) in [5, 5.41) is 22.2. The molecule has 2 aliphatic heterocycles. The van der Waals surface area contributed by atoms with Gasteiger partial charge in [-0.05, 0) is 96.3 Å². The van der Waals surface area contributed by atoms with E-state index in [1.54, 1.807) is 33.5 Å². The summed E-state index contributed by atoms with van der Waals surface area (Å²) in [5.41, 5.74) is 3.93. The van der Waals surface area contributed by atoms with Gasteiger partial charge in [-0.3, -0.25) is 9.11 Å². The van der Waals surface area contributed by atoms with E-state index >= 15 is 0 Å². The average Bonchev–Trinajstić information content (AvgIpc) is 1.56. The van der Waals surface area contributed by atoms with Crippen molar-refractivity contribution in [2.45, 2.75) is 53.7 Å². The van der Waals surface area contributed by atoms with Gasteiger partial charge in [0.15, 0.2) is 12.3 Å². The number of carbonyl (C=O) groups excluding carboxylic acids is 1. The molecule has 5 aromatic rings. The number of anilines is 1. The Morgan fingerprint density at radius 1 is 0.452 bits per heavy atom. The SMILES string of the molecule is COCCOCCOCCOCC[N+]1=C(C=CC=CC=C2N(CCOCCOCCOCCOCCC(=O)On3c(O)ccc3O)c3ccc4cc(S(=O)(=O)O)ccc4c3C2(C)CCOCCOCCOCCOC)C(C)(CCOCCOCCOCCOC)c2c1ccc1cc(S(=O)(=O)O)ccc21. The van der Waals surface area contributed by atoms with Gasteiger partial charge < -0.3 is 95.7 Å². The normalized spacial score (nSPS) is 16.6. The molecule has 4 aromatic carbocycles. The maximum absolute atomic E-state index is 12.5.